The molecule has 1 aromatic rings. The van der Waals surface area contributed by atoms with Crippen molar-refractivity contribution in [1.82, 2.24) is 9.80 Å². The predicted molar refractivity (Wildman–Crippen MR) is 106 cm³/mol. The molecule has 4 nitrogen and oxygen atoms in total. The second-order valence-corrected chi connectivity index (χ2v) is 7.10. The van der Waals surface area contributed by atoms with Crippen LogP contribution in [0.25, 0.3) is 0 Å². The minimum atomic E-state index is 0.231. The topological polar surface area (TPSA) is 35.9 Å². The number of piperidine rings is 1. The van der Waals surface area contributed by atoms with Gasteiger partial charge in [-0.2, -0.15) is 0 Å². The van der Waals surface area contributed by atoms with Gasteiger partial charge in [0.1, 0.15) is 0 Å². The summed E-state index contributed by atoms with van der Waals surface area (Å²) in [5.74, 6) is 0.231. The zero-order valence-electron chi connectivity index (χ0n) is 16.1. The van der Waals surface area contributed by atoms with Gasteiger partial charge < -0.3 is 9.80 Å². The Balaban J connectivity index is 1.89. The maximum absolute atomic E-state index is 12.6. The van der Waals surface area contributed by atoms with Crippen LogP contribution in [0.5, 0.6) is 0 Å². The van der Waals surface area contributed by atoms with Crippen molar-refractivity contribution in [3.63, 3.8) is 0 Å². The highest BCUT2D eigenvalue weighted by molar-refractivity contribution is 5.79. The van der Waals surface area contributed by atoms with E-state index in [2.05, 4.69) is 30.5 Å². The van der Waals surface area contributed by atoms with Crippen molar-refractivity contribution in [2.75, 3.05) is 26.2 Å². The van der Waals surface area contributed by atoms with Gasteiger partial charge in [0.15, 0.2) is 0 Å². The maximum atomic E-state index is 12.6. The number of amides is 1. The summed E-state index contributed by atoms with van der Waals surface area (Å²) in [6.07, 6.45) is 5.05. The van der Waals surface area contributed by atoms with E-state index in [1.54, 1.807) is 0 Å². The van der Waals surface area contributed by atoms with Gasteiger partial charge in [0.25, 0.3) is 0 Å². The van der Waals surface area contributed by atoms with E-state index >= 15 is 0 Å². The highest BCUT2D eigenvalue weighted by Gasteiger charge is 2.26. The van der Waals surface area contributed by atoms with E-state index in [4.69, 9.17) is 0 Å². The number of carbonyl (C=O) groups excluding carboxylic acids is 1. The molecule has 25 heavy (non-hydrogen) atoms. The average molecular weight is 344 g/mol. The number of rotatable bonds is 8. The van der Waals surface area contributed by atoms with Gasteiger partial charge in [-0.3, -0.25) is 9.79 Å². The van der Waals surface area contributed by atoms with Crippen molar-refractivity contribution in [3.05, 3.63) is 29.3 Å². The first kappa shape index (κ1) is 19.6. The van der Waals surface area contributed by atoms with Crippen LogP contribution in [0.2, 0.25) is 0 Å². The Morgan fingerprint density at radius 2 is 1.88 bits per heavy atom. The summed E-state index contributed by atoms with van der Waals surface area (Å²) in [5, 5.41) is 0. The SMILES string of the molecule is C=Nc1cc(CC(=O)N2CCC(N(CCC)CCC)CC2)ccc1C. The molecule has 0 bridgehead atoms. The minimum Gasteiger partial charge on any atom is -0.342 e. The second-order valence-electron chi connectivity index (χ2n) is 7.10. The number of likely N-dealkylation sites (tertiary alicyclic amines) is 1. The maximum Gasteiger partial charge on any atom is 0.226 e. The predicted octanol–water partition coefficient (Wildman–Crippen LogP) is 3.98. The Labute approximate surface area is 152 Å². The summed E-state index contributed by atoms with van der Waals surface area (Å²) in [4.78, 5) is 21.3. The Morgan fingerprint density at radius 1 is 1.24 bits per heavy atom. The van der Waals surface area contributed by atoms with E-state index in [-0.39, 0.29) is 5.91 Å². The molecule has 0 aliphatic carbocycles. The van der Waals surface area contributed by atoms with Gasteiger partial charge in [-0.1, -0.05) is 26.0 Å². The quantitative estimate of drug-likeness (QED) is 0.669. The number of nitrogens with zero attached hydrogens (tertiary/aromatic N) is 3. The van der Waals surface area contributed by atoms with Crippen molar-refractivity contribution >= 4 is 18.3 Å². The molecule has 4 heteroatoms. The third kappa shape index (κ3) is 5.40. The summed E-state index contributed by atoms with van der Waals surface area (Å²) in [6, 6.07) is 6.67. The van der Waals surface area contributed by atoms with E-state index in [1.807, 2.05) is 30.0 Å². The van der Waals surface area contributed by atoms with Gasteiger partial charge in [0.2, 0.25) is 5.91 Å². The zero-order valence-corrected chi connectivity index (χ0v) is 16.1. The van der Waals surface area contributed by atoms with Crippen molar-refractivity contribution in [1.29, 1.82) is 0 Å². The molecule has 138 valence electrons. The van der Waals surface area contributed by atoms with E-state index in [1.165, 1.54) is 25.9 Å². The fraction of sp³-hybridized carbons (Fsp3) is 0.619. The number of hydrogen-bond acceptors (Lipinski definition) is 3. The third-order valence-corrected chi connectivity index (χ3v) is 5.15. The molecule has 1 saturated heterocycles. The molecule has 1 heterocycles. The molecule has 1 aliphatic heterocycles. The molecule has 0 N–H and O–H groups in total. The molecule has 0 unspecified atom stereocenters. The lowest BCUT2D eigenvalue weighted by Crippen LogP contribution is -2.47. The summed E-state index contributed by atoms with van der Waals surface area (Å²) < 4.78 is 0. The number of aliphatic imine (C=N–C) groups is 1. The second kappa shape index (κ2) is 9.71. The van der Waals surface area contributed by atoms with E-state index in [9.17, 15) is 4.79 Å². The standard InChI is InChI=1S/C21H33N3O/c1-5-11-23(12-6-2)19-9-13-24(14-10-19)21(25)16-18-8-7-17(3)20(15-18)22-4/h7-8,15,19H,4-6,9-14,16H2,1-3H3. The Hall–Kier alpha value is -1.68. The van der Waals surface area contributed by atoms with Gasteiger partial charge in [0, 0.05) is 19.1 Å². The number of aryl methyl sites for hydroxylation is 1. The van der Waals surface area contributed by atoms with E-state index < -0.39 is 0 Å². The number of benzene rings is 1. The first-order valence-electron chi connectivity index (χ1n) is 9.67. The summed E-state index contributed by atoms with van der Waals surface area (Å²) in [6.45, 7) is 14.2. The summed E-state index contributed by atoms with van der Waals surface area (Å²) in [5.41, 5.74) is 3.00. The van der Waals surface area contributed by atoms with Crippen molar-refractivity contribution in [2.24, 2.45) is 4.99 Å². The lowest BCUT2D eigenvalue weighted by molar-refractivity contribution is -0.132. The Kier molecular flexibility index (Phi) is 7.63. The Morgan fingerprint density at radius 3 is 2.44 bits per heavy atom. The van der Waals surface area contributed by atoms with Gasteiger partial charge in [0.05, 0.1) is 12.1 Å². The molecule has 2 rings (SSSR count). The molecule has 1 amide bonds. The zero-order chi connectivity index (χ0) is 18.2. The molecule has 1 aliphatic rings. The van der Waals surface area contributed by atoms with Crippen LogP contribution in [0.4, 0.5) is 5.69 Å². The van der Waals surface area contributed by atoms with Crippen molar-refractivity contribution in [2.45, 2.75) is 58.9 Å². The van der Waals surface area contributed by atoms with Crippen LogP contribution in [-0.2, 0) is 11.2 Å². The average Bonchev–Trinajstić information content (AvgIpc) is 2.63. The number of hydrogen-bond donors (Lipinski definition) is 0. The normalized spacial score (nSPS) is 15.6. The highest BCUT2D eigenvalue weighted by atomic mass is 16.2. The van der Waals surface area contributed by atoms with Crippen molar-refractivity contribution in [3.8, 4) is 0 Å². The van der Waals surface area contributed by atoms with E-state index in [0.29, 0.717) is 12.5 Å². The molecular formula is C21H33N3O. The molecule has 1 fully saturated rings. The molecule has 0 atom stereocenters. The monoisotopic (exact) mass is 343 g/mol. The van der Waals surface area contributed by atoms with E-state index in [0.717, 1.165) is 42.7 Å². The third-order valence-electron chi connectivity index (χ3n) is 5.15. The van der Waals surface area contributed by atoms with Crippen LogP contribution in [0.1, 0.15) is 50.7 Å². The minimum absolute atomic E-state index is 0.231. The molecule has 1 aromatic carbocycles. The van der Waals surface area contributed by atoms with Crippen molar-refractivity contribution < 1.29 is 4.79 Å². The number of carbonyl (C=O) groups is 1. The van der Waals surface area contributed by atoms with Crippen LogP contribution < -0.4 is 0 Å². The lowest BCUT2D eigenvalue weighted by atomic mass is 10.0. The van der Waals surface area contributed by atoms with Crippen LogP contribution in [0.15, 0.2) is 23.2 Å². The van der Waals surface area contributed by atoms with Gasteiger partial charge in [-0.15, -0.1) is 0 Å². The fourth-order valence-corrected chi connectivity index (χ4v) is 3.75. The fourth-order valence-electron chi connectivity index (χ4n) is 3.75. The van der Waals surface area contributed by atoms with Crippen LogP contribution in [0, 0.1) is 6.92 Å². The first-order valence-corrected chi connectivity index (χ1v) is 9.67. The highest BCUT2D eigenvalue weighted by Crippen LogP contribution is 2.22. The van der Waals surface area contributed by atoms with Gasteiger partial charge in [-0.05, 0) is 69.6 Å². The van der Waals surface area contributed by atoms with Crippen LogP contribution >= 0.6 is 0 Å². The smallest absolute Gasteiger partial charge is 0.226 e. The van der Waals surface area contributed by atoms with Gasteiger partial charge >= 0.3 is 0 Å². The van der Waals surface area contributed by atoms with Crippen LogP contribution in [-0.4, -0.2) is 54.6 Å². The molecule has 0 spiro atoms. The molecule has 0 aromatic heterocycles. The summed E-state index contributed by atoms with van der Waals surface area (Å²) >= 11 is 0. The molecule has 0 radical (unpaired) electrons. The lowest BCUT2D eigenvalue weighted by Gasteiger charge is -2.38. The van der Waals surface area contributed by atoms with Crippen LogP contribution in [0.3, 0.4) is 0 Å². The largest absolute Gasteiger partial charge is 0.342 e. The molecule has 0 saturated carbocycles. The first-order chi connectivity index (χ1) is 12.1. The Bertz CT molecular complexity index is 571. The summed E-state index contributed by atoms with van der Waals surface area (Å²) in [7, 11) is 0. The molecular weight excluding hydrogens is 310 g/mol. The van der Waals surface area contributed by atoms with Gasteiger partial charge in [-0.25, -0.2) is 0 Å².